The summed E-state index contributed by atoms with van der Waals surface area (Å²) in [7, 11) is 4.28. The maximum absolute atomic E-state index is 6.33. The molecule has 0 aliphatic heterocycles. The minimum Gasteiger partial charge on any atom is -0.326 e. The Morgan fingerprint density at radius 1 is 1.46 bits per heavy atom. The van der Waals surface area contributed by atoms with E-state index in [-0.39, 0.29) is 5.54 Å². The molecule has 0 spiro atoms. The van der Waals surface area contributed by atoms with Gasteiger partial charge in [0.2, 0.25) is 0 Å². The van der Waals surface area contributed by atoms with Gasteiger partial charge in [-0.15, -0.1) is 0 Å². The Labute approximate surface area is 82.5 Å². The fourth-order valence-electron chi connectivity index (χ4n) is 2.16. The zero-order valence-electron chi connectivity index (χ0n) is 9.51. The second kappa shape index (κ2) is 3.97. The highest BCUT2D eigenvalue weighted by atomic mass is 15.2. The van der Waals surface area contributed by atoms with Gasteiger partial charge in [-0.2, -0.15) is 0 Å². The van der Waals surface area contributed by atoms with Crippen molar-refractivity contribution < 1.29 is 0 Å². The number of hydrogen-bond acceptors (Lipinski definition) is 2. The summed E-state index contributed by atoms with van der Waals surface area (Å²) in [4.78, 5) is 2.29. The molecule has 1 fully saturated rings. The Morgan fingerprint density at radius 3 is 2.23 bits per heavy atom. The molecule has 0 amide bonds. The van der Waals surface area contributed by atoms with Crippen molar-refractivity contribution in [3.63, 3.8) is 0 Å². The van der Waals surface area contributed by atoms with Crippen molar-refractivity contribution in [2.75, 3.05) is 14.1 Å². The molecule has 2 heteroatoms. The van der Waals surface area contributed by atoms with Crippen LogP contribution in [0.15, 0.2) is 0 Å². The monoisotopic (exact) mass is 184 g/mol. The van der Waals surface area contributed by atoms with Crippen LogP contribution in [0.25, 0.3) is 0 Å². The summed E-state index contributed by atoms with van der Waals surface area (Å²) < 4.78 is 0. The quantitative estimate of drug-likeness (QED) is 0.722. The van der Waals surface area contributed by atoms with Crippen molar-refractivity contribution in [2.24, 2.45) is 11.7 Å². The number of likely N-dealkylation sites (N-methyl/N-ethyl adjacent to an activating group) is 1. The van der Waals surface area contributed by atoms with Crippen LogP contribution in [-0.4, -0.2) is 30.6 Å². The fourth-order valence-corrected chi connectivity index (χ4v) is 2.16. The molecule has 2 unspecified atom stereocenters. The maximum atomic E-state index is 6.33. The smallest absolute Gasteiger partial charge is 0.0326 e. The topological polar surface area (TPSA) is 29.3 Å². The van der Waals surface area contributed by atoms with Crippen LogP contribution < -0.4 is 5.73 Å². The van der Waals surface area contributed by atoms with E-state index in [9.17, 15) is 0 Å². The predicted octanol–water partition coefficient (Wildman–Crippen LogP) is 1.84. The van der Waals surface area contributed by atoms with E-state index >= 15 is 0 Å². The normalized spacial score (nSPS) is 25.4. The molecule has 13 heavy (non-hydrogen) atoms. The van der Waals surface area contributed by atoms with Crippen LogP contribution in [0.4, 0.5) is 0 Å². The van der Waals surface area contributed by atoms with Crippen molar-refractivity contribution in [2.45, 2.75) is 51.1 Å². The molecule has 2 atom stereocenters. The largest absolute Gasteiger partial charge is 0.326 e. The van der Waals surface area contributed by atoms with Crippen molar-refractivity contribution in [1.82, 2.24) is 4.90 Å². The van der Waals surface area contributed by atoms with Crippen LogP contribution in [0.3, 0.4) is 0 Å². The lowest BCUT2D eigenvalue weighted by Crippen LogP contribution is -2.59. The van der Waals surface area contributed by atoms with E-state index in [1.54, 1.807) is 0 Å². The fraction of sp³-hybridized carbons (Fsp3) is 1.00. The van der Waals surface area contributed by atoms with E-state index < -0.39 is 0 Å². The van der Waals surface area contributed by atoms with Crippen molar-refractivity contribution in [3.8, 4) is 0 Å². The van der Waals surface area contributed by atoms with Crippen LogP contribution >= 0.6 is 0 Å². The predicted molar refractivity (Wildman–Crippen MR) is 57.7 cm³/mol. The standard InChI is InChI=1S/C11H24N2/c1-5-11(2,13(3)4)10(12)9-7-6-8-9/h9-10H,5-8,12H2,1-4H3. The minimum absolute atomic E-state index is 0.186. The summed E-state index contributed by atoms with van der Waals surface area (Å²) in [5.74, 6) is 0.771. The average molecular weight is 184 g/mol. The average Bonchev–Trinajstić information content (AvgIpc) is 1.99. The molecular formula is C11H24N2. The van der Waals surface area contributed by atoms with E-state index in [0.717, 1.165) is 12.3 Å². The van der Waals surface area contributed by atoms with Gasteiger partial charge in [0.15, 0.2) is 0 Å². The maximum Gasteiger partial charge on any atom is 0.0326 e. The SMILES string of the molecule is CCC(C)(C(N)C1CCC1)N(C)C. The molecule has 2 nitrogen and oxygen atoms in total. The van der Waals surface area contributed by atoms with E-state index in [1.165, 1.54) is 19.3 Å². The lowest BCUT2D eigenvalue weighted by Gasteiger charge is -2.46. The number of rotatable bonds is 4. The second-order valence-electron chi connectivity index (χ2n) is 4.82. The van der Waals surface area contributed by atoms with Crippen molar-refractivity contribution in [3.05, 3.63) is 0 Å². The highest BCUT2D eigenvalue weighted by molar-refractivity contribution is 4.98. The van der Waals surface area contributed by atoms with Gasteiger partial charge in [0.05, 0.1) is 0 Å². The highest BCUT2D eigenvalue weighted by Crippen LogP contribution is 2.35. The summed E-state index contributed by atoms with van der Waals surface area (Å²) in [6.45, 7) is 4.52. The molecule has 2 N–H and O–H groups in total. The van der Waals surface area contributed by atoms with Gasteiger partial charge in [-0.1, -0.05) is 13.3 Å². The van der Waals surface area contributed by atoms with Gasteiger partial charge in [0.1, 0.15) is 0 Å². The third kappa shape index (κ3) is 1.89. The lowest BCUT2D eigenvalue weighted by molar-refractivity contribution is 0.0753. The van der Waals surface area contributed by atoms with E-state index in [4.69, 9.17) is 5.73 Å². The molecule has 1 saturated carbocycles. The lowest BCUT2D eigenvalue weighted by atomic mass is 9.71. The molecule has 0 aromatic carbocycles. The Kier molecular flexibility index (Phi) is 3.36. The second-order valence-corrected chi connectivity index (χ2v) is 4.82. The molecule has 0 bridgehead atoms. The molecule has 1 aliphatic carbocycles. The van der Waals surface area contributed by atoms with Gasteiger partial charge >= 0.3 is 0 Å². The summed E-state index contributed by atoms with van der Waals surface area (Å²) in [6.07, 6.45) is 5.19. The zero-order chi connectivity index (χ0) is 10.1. The van der Waals surface area contributed by atoms with Crippen LogP contribution in [-0.2, 0) is 0 Å². The Balaban J connectivity index is 2.62. The molecule has 1 aliphatic rings. The first-order valence-electron chi connectivity index (χ1n) is 5.45. The molecule has 0 aromatic rings. The molecule has 78 valence electrons. The first-order chi connectivity index (χ1) is 6.02. The van der Waals surface area contributed by atoms with E-state index in [1.807, 2.05) is 0 Å². The van der Waals surface area contributed by atoms with Gasteiger partial charge in [0, 0.05) is 11.6 Å². The van der Waals surface area contributed by atoms with Crippen LogP contribution in [0.5, 0.6) is 0 Å². The first kappa shape index (κ1) is 11.0. The van der Waals surface area contributed by atoms with Gasteiger partial charge in [-0.25, -0.2) is 0 Å². The summed E-state index contributed by atoms with van der Waals surface area (Å²) in [6, 6.07) is 0.348. The first-order valence-corrected chi connectivity index (χ1v) is 5.45. The Hall–Kier alpha value is -0.0800. The Morgan fingerprint density at radius 2 is 2.00 bits per heavy atom. The summed E-state index contributed by atoms with van der Waals surface area (Å²) in [5.41, 5.74) is 6.51. The molecule has 0 heterocycles. The van der Waals surface area contributed by atoms with Gasteiger partial charge in [-0.3, -0.25) is 0 Å². The molecule has 0 radical (unpaired) electrons. The number of hydrogen-bond donors (Lipinski definition) is 1. The van der Waals surface area contributed by atoms with Gasteiger partial charge < -0.3 is 10.6 Å². The third-order valence-electron chi connectivity index (χ3n) is 4.11. The van der Waals surface area contributed by atoms with Gasteiger partial charge in [-0.05, 0) is 46.2 Å². The van der Waals surface area contributed by atoms with Gasteiger partial charge in [0.25, 0.3) is 0 Å². The highest BCUT2D eigenvalue weighted by Gasteiger charge is 2.39. The minimum atomic E-state index is 0.186. The number of nitrogens with two attached hydrogens (primary N) is 1. The number of nitrogens with zero attached hydrogens (tertiary/aromatic N) is 1. The summed E-state index contributed by atoms with van der Waals surface area (Å²) in [5, 5.41) is 0. The van der Waals surface area contributed by atoms with Crippen LogP contribution in [0, 0.1) is 5.92 Å². The van der Waals surface area contributed by atoms with Crippen molar-refractivity contribution in [1.29, 1.82) is 0 Å². The Bertz CT molecular complexity index is 163. The van der Waals surface area contributed by atoms with E-state index in [0.29, 0.717) is 6.04 Å². The molecule has 0 aromatic heterocycles. The van der Waals surface area contributed by atoms with E-state index in [2.05, 4.69) is 32.8 Å². The zero-order valence-corrected chi connectivity index (χ0v) is 9.51. The molecule has 1 rings (SSSR count). The molecular weight excluding hydrogens is 160 g/mol. The van der Waals surface area contributed by atoms with Crippen LogP contribution in [0.1, 0.15) is 39.5 Å². The third-order valence-corrected chi connectivity index (χ3v) is 4.11. The van der Waals surface area contributed by atoms with Crippen molar-refractivity contribution >= 4 is 0 Å². The van der Waals surface area contributed by atoms with Crippen LogP contribution in [0.2, 0.25) is 0 Å². The molecule has 0 saturated heterocycles. The summed E-state index contributed by atoms with van der Waals surface area (Å²) >= 11 is 0.